The predicted octanol–water partition coefficient (Wildman–Crippen LogP) is 4.88. The second-order valence-corrected chi connectivity index (χ2v) is 6.14. The van der Waals surface area contributed by atoms with Crippen molar-refractivity contribution >= 4 is 17.6 Å². The molecule has 0 N–H and O–H groups in total. The van der Waals surface area contributed by atoms with Crippen molar-refractivity contribution in [2.45, 2.75) is 0 Å². The maximum absolute atomic E-state index is 14.0. The van der Waals surface area contributed by atoms with Crippen LogP contribution in [0, 0.1) is 17.1 Å². The number of hydrogen-bond acceptors (Lipinski definition) is 5. The molecule has 6 heteroatoms. The van der Waals surface area contributed by atoms with Gasteiger partial charge in [0.1, 0.15) is 11.6 Å². The fourth-order valence-corrected chi connectivity index (χ4v) is 2.69. The van der Waals surface area contributed by atoms with Crippen LogP contribution in [0.25, 0.3) is 11.6 Å². The van der Waals surface area contributed by atoms with Gasteiger partial charge in [0.05, 0.1) is 18.8 Å². The Morgan fingerprint density at radius 1 is 1.03 bits per heavy atom. The van der Waals surface area contributed by atoms with E-state index < -0.39 is 11.8 Å². The van der Waals surface area contributed by atoms with E-state index in [0.717, 1.165) is 0 Å². The number of allylic oxidation sites excluding steroid dienone is 1. The summed E-state index contributed by atoms with van der Waals surface area (Å²) in [7, 11) is 1.43. The monoisotopic (exact) mass is 403 g/mol. The maximum Gasteiger partial charge on any atom is 0.349 e. The van der Waals surface area contributed by atoms with Gasteiger partial charge >= 0.3 is 5.97 Å². The van der Waals surface area contributed by atoms with Crippen LogP contribution >= 0.6 is 0 Å². The fraction of sp³-hybridized carbons (Fsp3) is 0.0833. The first-order chi connectivity index (χ1) is 14.6. The van der Waals surface area contributed by atoms with Crippen LogP contribution in [-0.2, 0) is 4.79 Å². The standard InChI is InChI=1S/C24H18FNO4/c1-28-23-14-17(13-18(15-26)20-9-5-6-10-21(20)25)11-12-22(23)30-24(27)16-29-19-7-3-2-4-8-19/h2-14H,16H2,1H3/b18-13-. The molecule has 30 heavy (non-hydrogen) atoms. The van der Waals surface area contributed by atoms with E-state index in [1.165, 1.54) is 25.3 Å². The number of methoxy groups -OCH3 is 1. The van der Waals surface area contributed by atoms with Gasteiger partial charge in [0, 0.05) is 5.56 Å². The minimum absolute atomic E-state index is 0.163. The fourth-order valence-electron chi connectivity index (χ4n) is 2.69. The SMILES string of the molecule is COc1cc(/C=C(/C#N)c2ccccc2F)ccc1OC(=O)COc1ccccc1. The van der Waals surface area contributed by atoms with Crippen LogP contribution in [0.5, 0.6) is 17.2 Å². The molecule has 3 aromatic rings. The smallest absolute Gasteiger partial charge is 0.349 e. The van der Waals surface area contributed by atoms with E-state index >= 15 is 0 Å². The number of esters is 1. The van der Waals surface area contributed by atoms with Gasteiger partial charge in [-0.2, -0.15) is 5.26 Å². The number of halogens is 1. The highest BCUT2D eigenvalue weighted by Gasteiger charge is 2.13. The zero-order valence-corrected chi connectivity index (χ0v) is 16.2. The van der Waals surface area contributed by atoms with E-state index in [-0.39, 0.29) is 23.5 Å². The summed E-state index contributed by atoms with van der Waals surface area (Å²) in [6.07, 6.45) is 1.53. The van der Waals surface area contributed by atoms with E-state index in [0.29, 0.717) is 17.1 Å². The van der Waals surface area contributed by atoms with Crippen molar-refractivity contribution in [2.24, 2.45) is 0 Å². The Morgan fingerprint density at radius 3 is 2.47 bits per heavy atom. The normalized spacial score (nSPS) is 10.8. The van der Waals surface area contributed by atoms with Gasteiger partial charge in [-0.05, 0) is 42.0 Å². The number of hydrogen-bond donors (Lipinski definition) is 0. The molecule has 0 unspecified atom stereocenters. The first-order valence-corrected chi connectivity index (χ1v) is 9.04. The van der Waals surface area contributed by atoms with Crippen molar-refractivity contribution in [2.75, 3.05) is 13.7 Å². The Balaban J connectivity index is 1.75. The summed E-state index contributed by atoms with van der Waals surface area (Å²) in [6, 6.07) is 21.7. The number of nitriles is 1. The molecule has 0 amide bonds. The van der Waals surface area contributed by atoms with Crippen LogP contribution in [0.2, 0.25) is 0 Å². The molecule has 0 atom stereocenters. The average molecular weight is 403 g/mol. The summed E-state index contributed by atoms with van der Waals surface area (Å²) < 4.78 is 30.0. The highest BCUT2D eigenvalue weighted by atomic mass is 19.1. The number of ether oxygens (including phenoxy) is 3. The van der Waals surface area contributed by atoms with Crippen LogP contribution in [-0.4, -0.2) is 19.7 Å². The molecule has 0 spiro atoms. The molecule has 3 rings (SSSR count). The number of para-hydroxylation sites is 1. The lowest BCUT2D eigenvalue weighted by Gasteiger charge is -2.11. The largest absolute Gasteiger partial charge is 0.493 e. The summed E-state index contributed by atoms with van der Waals surface area (Å²) >= 11 is 0. The second-order valence-electron chi connectivity index (χ2n) is 6.14. The lowest BCUT2D eigenvalue weighted by Crippen LogP contribution is -2.18. The van der Waals surface area contributed by atoms with E-state index in [9.17, 15) is 14.4 Å². The first-order valence-electron chi connectivity index (χ1n) is 9.04. The van der Waals surface area contributed by atoms with Crippen molar-refractivity contribution in [1.82, 2.24) is 0 Å². The van der Waals surface area contributed by atoms with Gasteiger partial charge in [-0.1, -0.05) is 42.5 Å². The molecule has 0 bridgehead atoms. The molecule has 0 radical (unpaired) electrons. The molecular formula is C24H18FNO4. The minimum Gasteiger partial charge on any atom is -0.493 e. The highest BCUT2D eigenvalue weighted by Crippen LogP contribution is 2.30. The van der Waals surface area contributed by atoms with Gasteiger partial charge in [0.25, 0.3) is 0 Å². The molecule has 0 fully saturated rings. The zero-order valence-electron chi connectivity index (χ0n) is 16.2. The quantitative estimate of drug-likeness (QED) is 0.243. The molecule has 0 saturated carbocycles. The van der Waals surface area contributed by atoms with Gasteiger partial charge in [0.2, 0.25) is 0 Å². The van der Waals surface area contributed by atoms with Gasteiger partial charge in [0.15, 0.2) is 18.1 Å². The van der Waals surface area contributed by atoms with E-state index in [1.807, 2.05) is 12.1 Å². The van der Waals surface area contributed by atoms with Crippen molar-refractivity contribution in [3.05, 3.63) is 89.7 Å². The molecule has 0 heterocycles. The van der Waals surface area contributed by atoms with E-state index in [1.54, 1.807) is 54.6 Å². The third kappa shape index (κ3) is 5.24. The number of rotatable bonds is 7. The van der Waals surface area contributed by atoms with Crippen LogP contribution in [0.1, 0.15) is 11.1 Å². The summed E-state index contributed by atoms with van der Waals surface area (Å²) in [5, 5.41) is 9.42. The van der Waals surface area contributed by atoms with Crippen LogP contribution in [0.4, 0.5) is 4.39 Å². The molecule has 5 nitrogen and oxygen atoms in total. The van der Waals surface area contributed by atoms with Crippen molar-refractivity contribution in [3.8, 4) is 23.3 Å². The highest BCUT2D eigenvalue weighted by molar-refractivity contribution is 5.90. The first kappa shape index (κ1) is 20.6. The molecule has 150 valence electrons. The van der Waals surface area contributed by atoms with Crippen LogP contribution < -0.4 is 14.2 Å². The Hall–Kier alpha value is -4.11. The minimum atomic E-state index is -0.593. The number of carbonyl (C=O) groups excluding carboxylic acids is 1. The topological polar surface area (TPSA) is 68.5 Å². The Labute approximate surface area is 173 Å². The Kier molecular flexibility index (Phi) is 6.80. The maximum atomic E-state index is 14.0. The molecule has 0 saturated heterocycles. The second kappa shape index (κ2) is 9.89. The number of nitrogens with zero attached hydrogens (tertiary/aromatic N) is 1. The van der Waals surface area contributed by atoms with Crippen molar-refractivity contribution in [3.63, 3.8) is 0 Å². The average Bonchev–Trinajstić information content (AvgIpc) is 2.78. The summed E-state index contributed by atoms with van der Waals surface area (Å²) in [5.41, 5.74) is 0.954. The number of carbonyl (C=O) groups is 1. The molecule has 3 aromatic carbocycles. The summed E-state index contributed by atoms with van der Waals surface area (Å²) in [4.78, 5) is 12.1. The lowest BCUT2D eigenvalue weighted by molar-refractivity contribution is -0.136. The lowest BCUT2D eigenvalue weighted by atomic mass is 10.0. The molecule has 0 aromatic heterocycles. The van der Waals surface area contributed by atoms with Crippen molar-refractivity contribution in [1.29, 1.82) is 5.26 Å². The number of benzene rings is 3. The van der Waals surface area contributed by atoms with Gasteiger partial charge in [-0.3, -0.25) is 0 Å². The molecular weight excluding hydrogens is 385 g/mol. The molecule has 0 aliphatic rings. The zero-order chi connectivity index (χ0) is 21.3. The van der Waals surface area contributed by atoms with Crippen molar-refractivity contribution < 1.29 is 23.4 Å². The Morgan fingerprint density at radius 2 is 1.77 bits per heavy atom. The van der Waals surface area contributed by atoms with Gasteiger partial charge in [-0.25, -0.2) is 9.18 Å². The Bertz CT molecular complexity index is 1100. The van der Waals surface area contributed by atoms with E-state index in [4.69, 9.17) is 14.2 Å². The summed E-state index contributed by atoms with van der Waals surface area (Å²) in [5.74, 6) is -0.0202. The summed E-state index contributed by atoms with van der Waals surface area (Å²) in [6.45, 7) is -0.263. The third-order valence-corrected chi connectivity index (χ3v) is 4.11. The molecule has 0 aliphatic carbocycles. The van der Waals surface area contributed by atoms with Gasteiger partial charge in [-0.15, -0.1) is 0 Å². The van der Waals surface area contributed by atoms with Gasteiger partial charge < -0.3 is 14.2 Å². The van der Waals surface area contributed by atoms with E-state index in [2.05, 4.69) is 0 Å². The molecule has 0 aliphatic heterocycles. The van der Waals surface area contributed by atoms with Crippen LogP contribution in [0.15, 0.2) is 72.8 Å². The predicted molar refractivity (Wildman–Crippen MR) is 110 cm³/mol. The third-order valence-electron chi connectivity index (χ3n) is 4.11. The van der Waals surface area contributed by atoms with Crippen LogP contribution in [0.3, 0.4) is 0 Å².